The molecule has 0 amide bonds. The van der Waals surface area contributed by atoms with Gasteiger partial charge in [-0.1, -0.05) is 18.2 Å². The summed E-state index contributed by atoms with van der Waals surface area (Å²) in [6, 6.07) is 11.4. The van der Waals surface area contributed by atoms with E-state index in [4.69, 9.17) is 4.74 Å². The highest BCUT2D eigenvalue weighted by molar-refractivity contribution is 9.10. The fraction of sp³-hybridized carbons (Fsp3) is 0.231. The Balaban J connectivity index is 1.87. The molecule has 1 aromatic heterocycles. The average Bonchev–Trinajstić information content (AvgIpc) is 3.13. The minimum absolute atomic E-state index is 0.519. The molecule has 86 valence electrons. The van der Waals surface area contributed by atoms with E-state index in [1.807, 2.05) is 30.3 Å². The number of halogens is 1. The molecule has 0 N–H and O–H groups in total. The summed E-state index contributed by atoms with van der Waals surface area (Å²) < 4.78 is 6.47. The molecule has 17 heavy (non-hydrogen) atoms. The van der Waals surface area contributed by atoms with Gasteiger partial charge in [0.15, 0.2) is 0 Å². The highest BCUT2D eigenvalue weighted by Gasteiger charge is 2.27. The van der Waals surface area contributed by atoms with Gasteiger partial charge in [-0.05, 0) is 40.9 Å². The maximum absolute atomic E-state index is 5.70. The Morgan fingerprint density at radius 3 is 2.59 bits per heavy atom. The van der Waals surface area contributed by atoms with E-state index in [1.165, 1.54) is 12.8 Å². The van der Waals surface area contributed by atoms with Gasteiger partial charge in [-0.3, -0.25) is 0 Å². The molecule has 0 saturated heterocycles. The van der Waals surface area contributed by atoms with Gasteiger partial charge in [-0.15, -0.1) is 0 Å². The van der Waals surface area contributed by atoms with Crippen LogP contribution in [0.15, 0.2) is 41.0 Å². The van der Waals surface area contributed by atoms with E-state index >= 15 is 0 Å². The number of benzene rings is 1. The van der Waals surface area contributed by atoms with Crippen LogP contribution in [-0.4, -0.2) is 9.97 Å². The summed E-state index contributed by atoms with van der Waals surface area (Å²) in [7, 11) is 0. The molecule has 4 heteroatoms. The molecule has 1 aromatic carbocycles. The Bertz CT molecular complexity index is 526. The van der Waals surface area contributed by atoms with E-state index in [0.717, 1.165) is 16.2 Å². The summed E-state index contributed by atoms with van der Waals surface area (Å²) in [5.74, 6) is 2.79. The second kappa shape index (κ2) is 4.45. The van der Waals surface area contributed by atoms with Crippen molar-refractivity contribution in [3.63, 3.8) is 0 Å². The van der Waals surface area contributed by atoms with Crippen LogP contribution in [0.2, 0.25) is 0 Å². The van der Waals surface area contributed by atoms with E-state index in [-0.39, 0.29) is 0 Å². The van der Waals surface area contributed by atoms with Gasteiger partial charge in [-0.2, -0.15) is 4.98 Å². The van der Waals surface area contributed by atoms with Crippen LogP contribution >= 0.6 is 15.9 Å². The fourth-order valence-electron chi connectivity index (χ4n) is 1.60. The first-order valence-corrected chi connectivity index (χ1v) is 6.38. The van der Waals surface area contributed by atoms with Gasteiger partial charge in [-0.25, -0.2) is 4.98 Å². The zero-order valence-corrected chi connectivity index (χ0v) is 10.7. The average molecular weight is 291 g/mol. The van der Waals surface area contributed by atoms with Crippen LogP contribution in [0.3, 0.4) is 0 Å². The summed E-state index contributed by atoms with van der Waals surface area (Å²) >= 11 is 3.39. The minimum atomic E-state index is 0.519. The van der Waals surface area contributed by atoms with Crippen molar-refractivity contribution in [1.29, 1.82) is 0 Å². The molecule has 0 unspecified atom stereocenters. The van der Waals surface area contributed by atoms with Crippen LogP contribution in [-0.2, 0) is 0 Å². The van der Waals surface area contributed by atoms with Crippen molar-refractivity contribution in [2.24, 2.45) is 0 Å². The van der Waals surface area contributed by atoms with Crippen molar-refractivity contribution in [2.45, 2.75) is 18.8 Å². The highest BCUT2D eigenvalue weighted by Crippen LogP contribution is 2.39. The van der Waals surface area contributed by atoms with Crippen LogP contribution in [0.1, 0.15) is 24.6 Å². The van der Waals surface area contributed by atoms with Gasteiger partial charge < -0.3 is 4.74 Å². The molecule has 3 nitrogen and oxygen atoms in total. The third kappa shape index (κ3) is 2.64. The molecule has 0 aliphatic heterocycles. The summed E-state index contributed by atoms with van der Waals surface area (Å²) in [5.41, 5.74) is 0. The Morgan fingerprint density at radius 1 is 1.12 bits per heavy atom. The molecule has 1 aliphatic rings. The molecule has 0 spiro atoms. The van der Waals surface area contributed by atoms with E-state index in [2.05, 4.69) is 25.9 Å². The SMILES string of the molecule is Brc1cc(Oc2ccccc2)nc(C2CC2)n1. The Labute approximate surface area is 108 Å². The minimum Gasteiger partial charge on any atom is -0.439 e. The molecular weight excluding hydrogens is 280 g/mol. The van der Waals surface area contributed by atoms with Crippen molar-refractivity contribution in [1.82, 2.24) is 9.97 Å². The lowest BCUT2D eigenvalue weighted by atomic mass is 10.3. The van der Waals surface area contributed by atoms with E-state index < -0.39 is 0 Å². The monoisotopic (exact) mass is 290 g/mol. The third-order valence-electron chi connectivity index (χ3n) is 2.60. The largest absolute Gasteiger partial charge is 0.439 e. The third-order valence-corrected chi connectivity index (χ3v) is 3.00. The zero-order chi connectivity index (χ0) is 11.7. The normalized spacial score (nSPS) is 14.6. The molecule has 0 radical (unpaired) electrons. The number of ether oxygens (including phenoxy) is 1. The summed E-state index contributed by atoms with van der Waals surface area (Å²) in [5, 5.41) is 0. The van der Waals surface area contributed by atoms with Gasteiger partial charge in [0.1, 0.15) is 16.2 Å². The Kier molecular flexibility index (Phi) is 2.81. The van der Waals surface area contributed by atoms with Gasteiger partial charge >= 0.3 is 0 Å². The van der Waals surface area contributed by atoms with Crippen molar-refractivity contribution in [2.75, 3.05) is 0 Å². The van der Waals surface area contributed by atoms with E-state index in [1.54, 1.807) is 6.07 Å². The summed E-state index contributed by atoms with van der Waals surface area (Å²) in [4.78, 5) is 8.79. The molecule has 2 aromatic rings. The molecular formula is C13H11BrN2O. The van der Waals surface area contributed by atoms with Crippen molar-refractivity contribution < 1.29 is 4.74 Å². The number of aromatic nitrogens is 2. The van der Waals surface area contributed by atoms with Crippen LogP contribution in [0, 0.1) is 0 Å². The quantitative estimate of drug-likeness (QED) is 0.804. The second-order valence-corrected chi connectivity index (χ2v) is 4.89. The van der Waals surface area contributed by atoms with Crippen LogP contribution in [0.5, 0.6) is 11.6 Å². The lowest BCUT2D eigenvalue weighted by Crippen LogP contribution is -1.96. The molecule has 1 heterocycles. The number of nitrogens with zero attached hydrogens (tertiary/aromatic N) is 2. The molecule has 3 rings (SSSR count). The van der Waals surface area contributed by atoms with E-state index in [0.29, 0.717) is 11.8 Å². The maximum atomic E-state index is 5.70. The predicted octanol–water partition coefficient (Wildman–Crippen LogP) is 3.91. The van der Waals surface area contributed by atoms with Crippen LogP contribution in [0.25, 0.3) is 0 Å². The first kappa shape index (κ1) is 10.7. The molecule has 1 fully saturated rings. The van der Waals surface area contributed by atoms with Gasteiger partial charge in [0.25, 0.3) is 0 Å². The summed E-state index contributed by atoms with van der Waals surface area (Å²) in [6.07, 6.45) is 2.36. The molecule has 1 aliphatic carbocycles. The van der Waals surface area contributed by atoms with Crippen molar-refractivity contribution >= 4 is 15.9 Å². The lowest BCUT2D eigenvalue weighted by molar-refractivity contribution is 0.458. The zero-order valence-electron chi connectivity index (χ0n) is 9.14. The predicted molar refractivity (Wildman–Crippen MR) is 68.2 cm³/mol. The highest BCUT2D eigenvalue weighted by atomic mass is 79.9. The number of para-hydroxylation sites is 1. The number of hydrogen-bond acceptors (Lipinski definition) is 3. The van der Waals surface area contributed by atoms with Gasteiger partial charge in [0, 0.05) is 12.0 Å². The Morgan fingerprint density at radius 2 is 1.88 bits per heavy atom. The summed E-state index contributed by atoms with van der Waals surface area (Å²) in [6.45, 7) is 0. The second-order valence-electron chi connectivity index (χ2n) is 4.08. The van der Waals surface area contributed by atoms with Crippen LogP contribution in [0.4, 0.5) is 0 Å². The molecule has 1 saturated carbocycles. The fourth-order valence-corrected chi connectivity index (χ4v) is 1.98. The Hall–Kier alpha value is -1.42. The van der Waals surface area contributed by atoms with Gasteiger partial charge in [0.2, 0.25) is 5.88 Å². The molecule has 0 bridgehead atoms. The standard InChI is InChI=1S/C13H11BrN2O/c14-11-8-12(16-13(15-11)9-6-7-9)17-10-4-2-1-3-5-10/h1-5,8-9H,6-7H2. The maximum Gasteiger partial charge on any atom is 0.223 e. The number of hydrogen-bond donors (Lipinski definition) is 0. The van der Waals surface area contributed by atoms with Crippen molar-refractivity contribution in [3.05, 3.63) is 46.8 Å². The topological polar surface area (TPSA) is 35.0 Å². The number of rotatable bonds is 3. The lowest BCUT2D eigenvalue weighted by Gasteiger charge is -2.06. The smallest absolute Gasteiger partial charge is 0.223 e. The van der Waals surface area contributed by atoms with Crippen LogP contribution < -0.4 is 4.74 Å². The van der Waals surface area contributed by atoms with Gasteiger partial charge in [0.05, 0.1) is 0 Å². The molecule has 0 atom stereocenters. The first-order chi connectivity index (χ1) is 8.31. The first-order valence-electron chi connectivity index (χ1n) is 5.58. The van der Waals surface area contributed by atoms with Crippen molar-refractivity contribution in [3.8, 4) is 11.6 Å². The van der Waals surface area contributed by atoms with E-state index in [9.17, 15) is 0 Å².